The molecule has 2 aromatic carbocycles. The van der Waals surface area contributed by atoms with Gasteiger partial charge in [-0.2, -0.15) is 13.2 Å². The van der Waals surface area contributed by atoms with Gasteiger partial charge in [0.25, 0.3) is 11.8 Å². The molecule has 3 aliphatic rings. The van der Waals surface area contributed by atoms with Crippen LogP contribution in [-0.2, 0) is 13.6 Å². The van der Waals surface area contributed by atoms with Crippen LogP contribution in [0.5, 0.6) is 0 Å². The molecule has 2 unspecified atom stereocenters. The van der Waals surface area contributed by atoms with Crippen LogP contribution >= 0.6 is 34.5 Å². The van der Waals surface area contributed by atoms with Gasteiger partial charge in [-0.1, -0.05) is 29.3 Å². The number of amides is 2. The standard InChI is InChI=1S/C32H33Cl2F3N8O2S/c1-44-25-10-24(45-12-16-8-17(16)13-45)20(28(46)40-19-5-3-18(4-6-19)32(35,36)37)9-22(25)42-31(44)43-27-21(33)7-2-15(26(27)34)11-39-29(47)23-14-48-30(38)41-23/h2,7,9-10,14,16-19H,3-6,8,11-13H2,1H3,(H2,38,41)(H,39,47)(H,40,46)(H,42,43)/t16?,17?,18-,19-. The molecule has 16 heteroatoms. The van der Waals surface area contributed by atoms with Crippen molar-refractivity contribution >= 4 is 79.8 Å². The second kappa shape index (κ2) is 12.6. The van der Waals surface area contributed by atoms with E-state index in [9.17, 15) is 22.8 Å². The summed E-state index contributed by atoms with van der Waals surface area (Å²) in [6, 6.07) is 6.76. The number of rotatable bonds is 8. The van der Waals surface area contributed by atoms with E-state index >= 15 is 0 Å². The van der Waals surface area contributed by atoms with Crippen molar-refractivity contribution in [3.05, 3.63) is 56.5 Å². The lowest BCUT2D eigenvalue weighted by Crippen LogP contribution is -2.40. The molecule has 2 aliphatic carbocycles. The Balaban J connectivity index is 1.14. The number of aromatic nitrogens is 3. The van der Waals surface area contributed by atoms with Crippen molar-refractivity contribution in [3.63, 3.8) is 0 Å². The number of nitrogens with two attached hydrogens (primary N) is 1. The summed E-state index contributed by atoms with van der Waals surface area (Å²) in [5.41, 5.74) is 9.41. The van der Waals surface area contributed by atoms with Gasteiger partial charge in [-0.05, 0) is 67.7 Å². The van der Waals surface area contributed by atoms with Gasteiger partial charge in [-0.15, -0.1) is 11.3 Å². The number of imidazole rings is 1. The molecule has 4 aromatic rings. The van der Waals surface area contributed by atoms with Crippen LogP contribution < -0.4 is 26.6 Å². The average Bonchev–Trinajstić information content (AvgIpc) is 3.32. The van der Waals surface area contributed by atoms with Crippen LogP contribution in [0.25, 0.3) is 11.0 Å². The minimum Gasteiger partial charge on any atom is -0.375 e. The summed E-state index contributed by atoms with van der Waals surface area (Å²) in [6.07, 6.45) is -2.45. The first-order valence-electron chi connectivity index (χ1n) is 15.7. The van der Waals surface area contributed by atoms with E-state index in [0.717, 1.165) is 24.3 Å². The van der Waals surface area contributed by atoms with Crippen molar-refractivity contribution in [2.75, 3.05) is 29.0 Å². The van der Waals surface area contributed by atoms with Crippen LogP contribution in [0.15, 0.2) is 29.6 Å². The summed E-state index contributed by atoms with van der Waals surface area (Å²) in [7, 11) is 1.84. The third-order valence-electron chi connectivity index (χ3n) is 9.69. The van der Waals surface area contributed by atoms with Gasteiger partial charge in [0.05, 0.1) is 43.9 Å². The number of halogens is 5. The first kappa shape index (κ1) is 32.8. The summed E-state index contributed by atoms with van der Waals surface area (Å²) in [6.45, 7) is 1.81. The fourth-order valence-corrected chi connectivity index (χ4v) is 7.90. The maximum Gasteiger partial charge on any atom is 0.391 e. The molecule has 10 nitrogen and oxygen atoms in total. The summed E-state index contributed by atoms with van der Waals surface area (Å²) in [5.74, 6) is -0.384. The summed E-state index contributed by atoms with van der Waals surface area (Å²) in [5, 5.41) is 11.5. The minimum atomic E-state index is -4.21. The topological polar surface area (TPSA) is 130 Å². The molecular formula is C32H33Cl2F3N8O2S. The highest BCUT2D eigenvalue weighted by Gasteiger charge is 2.46. The average molecular weight is 722 g/mol. The van der Waals surface area contributed by atoms with Crippen LogP contribution in [0, 0.1) is 17.8 Å². The van der Waals surface area contributed by atoms with Gasteiger partial charge in [0.2, 0.25) is 5.95 Å². The number of aryl methyl sites for hydroxylation is 1. The molecule has 3 heterocycles. The summed E-state index contributed by atoms with van der Waals surface area (Å²) >= 11 is 14.5. The van der Waals surface area contributed by atoms with Crippen molar-refractivity contribution < 1.29 is 22.8 Å². The second-order valence-corrected chi connectivity index (χ2v) is 14.5. The second-order valence-electron chi connectivity index (χ2n) is 12.9. The molecule has 48 heavy (non-hydrogen) atoms. The fourth-order valence-electron chi connectivity index (χ4n) is 6.82. The molecule has 1 aliphatic heterocycles. The number of thiazole rings is 1. The third kappa shape index (κ3) is 6.49. The summed E-state index contributed by atoms with van der Waals surface area (Å²) < 4.78 is 41.5. The van der Waals surface area contributed by atoms with Crippen molar-refractivity contribution in [2.45, 2.75) is 50.9 Å². The number of carbonyl (C=O) groups is 2. The Kier molecular flexibility index (Phi) is 8.61. The Hall–Kier alpha value is -3.75. The zero-order valence-electron chi connectivity index (χ0n) is 25.8. The molecule has 5 N–H and O–H groups in total. The van der Waals surface area contributed by atoms with Gasteiger partial charge in [-0.25, -0.2) is 9.97 Å². The van der Waals surface area contributed by atoms with Crippen molar-refractivity contribution in [2.24, 2.45) is 24.8 Å². The molecule has 2 amide bonds. The number of fused-ring (bicyclic) bond motifs is 2. The first-order chi connectivity index (χ1) is 22.9. The third-order valence-corrected chi connectivity index (χ3v) is 11.1. The number of piperidine rings is 1. The number of nitrogen functional groups attached to an aromatic ring is 1. The predicted octanol–water partition coefficient (Wildman–Crippen LogP) is 6.90. The van der Waals surface area contributed by atoms with Crippen LogP contribution in [0.3, 0.4) is 0 Å². The van der Waals surface area contributed by atoms with Crippen molar-refractivity contribution in [3.8, 4) is 0 Å². The van der Waals surface area contributed by atoms with Gasteiger partial charge in [0.1, 0.15) is 5.69 Å². The maximum absolute atomic E-state index is 13.7. The molecule has 254 valence electrons. The Morgan fingerprint density at radius 2 is 1.79 bits per heavy atom. The minimum absolute atomic E-state index is 0.00467. The van der Waals surface area contributed by atoms with Gasteiger partial charge < -0.3 is 31.2 Å². The monoisotopic (exact) mass is 720 g/mol. The number of anilines is 4. The Morgan fingerprint density at radius 3 is 2.46 bits per heavy atom. The van der Waals surface area contributed by atoms with E-state index in [1.807, 2.05) is 17.7 Å². The largest absolute Gasteiger partial charge is 0.391 e. The first-order valence-corrected chi connectivity index (χ1v) is 17.3. The Morgan fingerprint density at radius 1 is 1.06 bits per heavy atom. The molecule has 0 radical (unpaired) electrons. The molecule has 0 bridgehead atoms. The Labute approximate surface area is 288 Å². The number of hydrogen-bond donors (Lipinski definition) is 4. The highest BCUT2D eigenvalue weighted by atomic mass is 35.5. The zero-order chi connectivity index (χ0) is 33.9. The number of hydrogen-bond acceptors (Lipinski definition) is 8. The van der Waals surface area contributed by atoms with E-state index in [2.05, 4.69) is 25.8 Å². The lowest BCUT2D eigenvalue weighted by molar-refractivity contribution is -0.182. The zero-order valence-corrected chi connectivity index (χ0v) is 28.2. The molecule has 2 aromatic heterocycles. The number of nitrogens with one attached hydrogen (secondary N) is 3. The quantitative estimate of drug-likeness (QED) is 0.156. The van der Waals surface area contributed by atoms with E-state index in [0.29, 0.717) is 55.3 Å². The summed E-state index contributed by atoms with van der Waals surface area (Å²) in [4.78, 5) is 37.2. The highest BCUT2D eigenvalue weighted by molar-refractivity contribution is 7.13. The number of nitrogens with zero attached hydrogens (tertiary/aromatic N) is 4. The molecule has 7 rings (SSSR count). The highest BCUT2D eigenvalue weighted by Crippen LogP contribution is 2.47. The van der Waals surface area contributed by atoms with Crippen molar-refractivity contribution in [1.82, 2.24) is 25.2 Å². The van der Waals surface area contributed by atoms with Crippen LogP contribution in [0.1, 0.15) is 58.5 Å². The molecule has 2 saturated carbocycles. The van der Waals surface area contributed by atoms with Gasteiger partial charge in [0.15, 0.2) is 5.13 Å². The van der Waals surface area contributed by atoms with E-state index < -0.39 is 18.0 Å². The number of carbonyl (C=O) groups excluding carboxylic acids is 2. The SMILES string of the molecule is Cn1c(Nc2c(Cl)ccc(CNC(=O)c3csc(N)n3)c2Cl)nc2cc(C(=O)N[C@H]3CC[C@H](C(F)(F)F)CC3)c(N3CC4CC4C3)cc21. The molecule has 0 spiro atoms. The van der Waals surface area contributed by atoms with Gasteiger partial charge in [-0.3, -0.25) is 9.59 Å². The van der Waals surface area contributed by atoms with E-state index in [-0.39, 0.29) is 49.9 Å². The van der Waals surface area contributed by atoms with Gasteiger partial charge >= 0.3 is 6.18 Å². The molecular weight excluding hydrogens is 688 g/mol. The maximum atomic E-state index is 13.7. The van der Waals surface area contributed by atoms with Crippen molar-refractivity contribution in [1.29, 1.82) is 0 Å². The number of benzene rings is 2. The smallest absolute Gasteiger partial charge is 0.375 e. The lowest BCUT2D eigenvalue weighted by Gasteiger charge is -2.31. The predicted molar refractivity (Wildman–Crippen MR) is 181 cm³/mol. The normalized spacial score (nSPS) is 22.1. The molecule has 3 fully saturated rings. The lowest BCUT2D eigenvalue weighted by atomic mass is 9.85. The Bertz CT molecular complexity index is 1900. The van der Waals surface area contributed by atoms with E-state index in [1.54, 1.807) is 23.6 Å². The van der Waals surface area contributed by atoms with Crippen LogP contribution in [0.4, 0.5) is 35.6 Å². The number of alkyl halides is 3. The van der Waals surface area contributed by atoms with Crippen LogP contribution in [-0.4, -0.2) is 51.7 Å². The molecule has 2 atom stereocenters. The van der Waals surface area contributed by atoms with E-state index in [1.165, 1.54) is 17.8 Å². The van der Waals surface area contributed by atoms with Gasteiger partial charge in [0, 0.05) is 38.1 Å². The fraction of sp³-hybridized carbons (Fsp3) is 0.438. The molecule has 1 saturated heterocycles. The van der Waals surface area contributed by atoms with E-state index in [4.69, 9.17) is 33.9 Å². The van der Waals surface area contributed by atoms with Crippen LogP contribution in [0.2, 0.25) is 10.0 Å².